The minimum absolute atomic E-state index is 0.154. The lowest BCUT2D eigenvalue weighted by molar-refractivity contribution is -0.138. The Labute approximate surface area is 91.5 Å². The fourth-order valence-electron chi connectivity index (χ4n) is 2.99. The Morgan fingerprint density at radius 1 is 1.33 bits per heavy atom. The molecule has 2 rings (SSSR count). The van der Waals surface area contributed by atoms with Crippen molar-refractivity contribution in [3.8, 4) is 0 Å². The zero-order chi connectivity index (χ0) is 11.1. The van der Waals surface area contributed by atoms with Crippen LogP contribution < -0.4 is 0 Å². The van der Waals surface area contributed by atoms with Gasteiger partial charge in [-0.15, -0.1) is 0 Å². The van der Waals surface area contributed by atoms with E-state index in [9.17, 15) is 9.90 Å². The number of β-amino-alcohol motifs (C(OH)–C–C–N with tert-alkyl or cyclic N) is 1. The summed E-state index contributed by atoms with van der Waals surface area (Å²) in [7, 11) is 0. The lowest BCUT2D eigenvalue weighted by atomic mass is 9.99. The van der Waals surface area contributed by atoms with Crippen molar-refractivity contribution < 1.29 is 9.90 Å². The standard InChI is InChI=1S/C12H21NO2/c1-12(2)7-10(14)8-13(12)11(15)9-5-3-4-6-9/h9-10,14H,3-8H2,1-2H3. The van der Waals surface area contributed by atoms with Gasteiger partial charge in [-0.25, -0.2) is 0 Å². The number of carbonyl (C=O) groups is 1. The van der Waals surface area contributed by atoms with Gasteiger partial charge in [0.05, 0.1) is 6.10 Å². The summed E-state index contributed by atoms with van der Waals surface area (Å²) in [5.41, 5.74) is -0.154. The van der Waals surface area contributed by atoms with Crippen molar-refractivity contribution in [2.75, 3.05) is 6.54 Å². The molecule has 3 nitrogen and oxygen atoms in total. The van der Waals surface area contributed by atoms with Crippen LogP contribution in [0.1, 0.15) is 46.0 Å². The molecule has 0 aromatic carbocycles. The van der Waals surface area contributed by atoms with Gasteiger partial charge in [-0.2, -0.15) is 0 Å². The monoisotopic (exact) mass is 211 g/mol. The van der Waals surface area contributed by atoms with Gasteiger partial charge in [-0.1, -0.05) is 12.8 Å². The van der Waals surface area contributed by atoms with Crippen molar-refractivity contribution in [3.63, 3.8) is 0 Å². The first-order valence-electron chi connectivity index (χ1n) is 6.00. The van der Waals surface area contributed by atoms with Crippen LogP contribution in [0, 0.1) is 5.92 Å². The minimum Gasteiger partial charge on any atom is -0.391 e. The molecule has 1 saturated heterocycles. The van der Waals surface area contributed by atoms with Gasteiger partial charge in [0, 0.05) is 18.0 Å². The molecule has 2 fully saturated rings. The molecule has 1 atom stereocenters. The molecule has 86 valence electrons. The van der Waals surface area contributed by atoms with E-state index in [4.69, 9.17) is 0 Å². The lowest BCUT2D eigenvalue weighted by Gasteiger charge is -2.33. The highest BCUT2D eigenvalue weighted by molar-refractivity contribution is 5.80. The summed E-state index contributed by atoms with van der Waals surface area (Å²) in [4.78, 5) is 14.1. The van der Waals surface area contributed by atoms with Gasteiger partial charge < -0.3 is 10.0 Å². The zero-order valence-corrected chi connectivity index (χ0v) is 9.70. The van der Waals surface area contributed by atoms with Gasteiger partial charge >= 0.3 is 0 Å². The molecule has 0 aromatic rings. The Morgan fingerprint density at radius 3 is 2.40 bits per heavy atom. The molecule has 1 saturated carbocycles. The Kier molecular flexibility index (Phi) is 2.75. The number of likely N-dealkylation sites (tertiary alicyclic amines) is 1. The molecule has 1 aliphatic carbocycles. The molecular formula is C12H21NO2. The van der Waals surface area contributed by atoms with E-state index < -0.39 is 0 Å². The van der Waals surface area contributed by atoms with Crippen molar-refractivity contribution >= 4 is 5.91 Å². The van der Waals surface area contributed by atoms with E-state index in [2.05, 4.69) is 13.8 Å². The van der Waals surface area contributed by atoms with Crippen LogP contribution in [0.3, 0.4) is 0 Å². The Morgan fingerprint density at radius 2 is 1.93 bits per heavy atom. The van der Waals surface area contributed by atoms with Gasteiger partial charge in [0.2, 0.25) is 5.91 Å². The Bertz CT molecular complexity index is 256. The Balaban J connectivity index is 2.06. The minimum atomic E-state index is -0.328. The van der Waals surface area contributed by atoms with Crippen molar-refractivity contribution in [1.82, 2.24) is 4.90 Å². The van der Waals surface area contributed by atoms with Crippen molar-refractivity contribution in [3.05, 3.63) is 0 Å². The van der Waals surface area contributed by atoms with E-state index in [1.165, 1.54) is 12.8 Å². The van der Waals surface area contributed by atoms with Crippen LogP contribution in [-0.2, 0) is 4.79 Å². The summed E-state index contributed by atoms with van der Waals surface area (Å²) in [6.45, 7) is 4.63. The fourth-order valence-corrected chi connectivity index (χ4v) is 2.99. The number of nitrogens with zero attached hydrogens (tertiary/aromatic N) is 1. The highest BCUT2D eigenvalue weighted by atomic mass is 16.3. The average Bonchev–Trinajstić information content (AvgIpc) is 2.71. The highest BCUT2D eigenvalue weighted by Gasteiger charge is 2.42. The van der Waals surface area contributed by atoms with Crippen molar-refractivity contribution in [2.45, 2.75) is 57.6 Å². The van der Waals surface area contributed by atoms with Crippen LogP contribution >= 0.6 is 0 Å². The first-order valence-corrected chi connectivity index (χ1v) is 6.00. The predicted molar refractivity (Wildman–Crippen MR) is 58.4 cm³/mol. The average molecular weight is 211 g/mol. The quantitative estimate of drug-likeness (QED) is 0.715. The van der Waals surface area contributed by atoms with Gasteiger partial charge in [0.15, 0.2) is 0 Å². The van der Waals surface area contributed by atoms with Gasteiger partial charge in [-0.3, -0.25) is 4.79 Å². The summed E-state index contributed by atoms with van der Waals surface area (Å²) in [6, 6.07) is 0. The third-order valence-corrected chi connectivity index (χ3v) is 3.83. The van der Waals surface area contributed by atoms with Gasteiger partial charge in [0.1, 0.15) is 0 Å². The molecule has 2 aliphatic rings. The van der Waals surface area contributed by atoms with Gasteiger partial charge in [0.25, 0.3) is 0 Å². The summed E-state index contributed by atoms with van der Waals surface area (Å²) in [6.07, 6.45) is 4.85. The smallest absolute Gasteiger partial charge is 0.226 e. The number of rotatable bonds is 1. The second kappa shape index (κ2) is 3.78. The van der Waals surface area contributed by atoms with E-state index in [1.54, 1.807) is 0 Å². The number of hydrogen-bond acceptors (Lipinski definition) is 2. The second-order valence-electron chi connectivity index (χ2n) is 5.60. The molecule has 0 bridgehead atoms. The molecule has 1 N–H and O–H groups in total. The van der Waals surface area contributed by atoms with Crippen molar-refractivity contribution in [1.29, 1.82) is 0 Å². The zero-order valence-electron chi connectivity index (χ0n) is 9.70. The largest absolute Gasteiger partial charge is 0.391 e. The fraction of sp³-hybridized carbons (Fsp3) is 0.917. The number of aliphatic hydroxyl groups excluding tert-OH is 1. The summed E-state index contributed by atoms with van der Waals surface area (Å²) < 4.78 is 0. The number of carbonyl (C=O) groups excluding carboxylic acids is 1. The number of aliphatic hydroxyl groups is 1. The Hall–Kier alpha value is -0.570. The molecule has 1 heterocycles. The van der Waals surface area contributed by atoms with E-state index in [-0.39, 0.29) is 23.5 Å². The lowest BCUT2D eigenvalue weighted by Crippen LogP contribution is -2.45. The molecule has 0 spiro atoms. The van der Waals surface area contributed by atoms with Crippen molar-refractivity contribution in [2.24, 2.45) is 5.92 Å². The molecule has 1 unspecified atom stereocenters. The normalized spacial score (nSPS) is 31.1. The van der Waals surface area contributed by atoms with Crippen LogP contribution in [0.15, 0.2) is 0 Å². The molecule has 0 radical (unpaired) electrons. The van der Waals surface area contributed by atoms with Crippen LogP contribution in [0.5, 0.6) is 0 Å². The first-order chi connectivity index (χ1) is 7.00. The van der Waals surface area contributed by atoms with Crippen LogP contribution in [0.25, 0.3) is 0 Å². The number of hydrogen-bond donors (Lipinski definition) is 1. The second-order valence-corrected chi connectivity index (χ2v) is 5.60. The van der Waals surface area contributed by atoms with Gasteiger partial charge in [-0.05, 0) is 33.1 Å². The van der Waals surface area contributed by atoms with Crippen LogP contribution in [0.2, 0.25) is 0 Å². The maximum atomic E-state index is 12.2. The molecule has 3 heteroatoms. The van der Waals surface area contributed by atoms with E-state index in [1.807, 2.05) is 4.90 Å². The molecule has 15 heavy (non-hydrogen) atoms. The third kappa shape index (κ3) is 2.03. The number of amides is 1. The maximum Gasteiger partial charge on any atom is 0.226 e. The summed E-state index contributed by atoms with van der Waals surface area (Å²) >= 11 is 0. The van der Waals surface area contributed by atoms with Crippen LogP contribution in [-0.4, -0.2) is 34.1 Å². The summed E-state index contributed by atoms with van der Waals surface area (Å²) in [5.74, 6) is 0.503. The van der Waals surface area contributed by atoms with E-state index >= 15 is 0 Å². The molecule has 1 amide bonds. The first kappa shape index (κ1) is 10.9. The molecule has 1 aliphatic heterocycles. The highest BCUT2D eigenvalue weighted by Crippen LogP contribution is 2.34. The summed E-state index contributed by atoms with van der Waals surface area (Å²) in [5, 5.41) is 9.63. The molecular weight excluding hydrogens is 190 g/mol. The molecule has 0 aromatic heterocycles. The maximum absolute atomic E-state index is 12.2. The third-order valence-electron chi connectivity index (χ3n) is 3.83. The SMILES string of the molecule is CC1(C)CC(O)CN1C(=O)C1CCCC1. The van der Waals surface area contributed by atoms with E-state index in [0.717, 1.165) is 12.8 Å². The van der Waals surface area contributed by atoms with Crippen LogP contribution in [0.4, 0.5) is 0 Å². The topological polar surface area (TPSA) is 40.5 Å². The van der Waals surface area contributed by atoms with E-state index in [0.29, 0.717) is 13.0 Å². The predicted octanol–water partition coefficient (Wildman–Crippen LogP) is 1.55.